The van der Waals surface area contributed by atoms with Crippen molar-refractivity contribution in [2.45, 2.75) is 13.2 Å². The monoisotopic (exact) mass is 580 g/mol. The molecular weight excluding hydrogens is 564 g/mol. The van der Waals surface area contributed by atoms with Crippen molar-refractivity contribution in [2.24, 2.45) is 0 Å². The standard InChI is InChI=1S/C25H17BrN4O8/c1-36-24(32)21-7-6-18(38-21)12-29-23(31)19(28-25(29)33)9-16-8-17(26)10-20(30(34)35)22(16)37-13-15-5-3-2-4-14(15)11-27/h2-10H,12-13H2,1H3,(H,28,33)/b19-9-. The third-order valence-corrected chi connectivity index (χ3v) is 5.85. The van der Waals surface area contributed by atoms with E-state index < -0.39 is 22.8 Å². The number of nitrogens with zero attached hydrogens (tertiary/aromatic N) is 3. The summed E-state index contributed by atoms with van der Waals surface area (Å²) in [7, 11) is 1.19. The van der Waals surface area contributed by atoms with Crippen LogP contribution in [0, 0.1) is 21.4 Å². The largest absolute Gasteiger partial charge is 0.481 e. The number of hydrogen-bond acceptors (Lipinski definition) is 9. The van der Waals surface area contributed by atoms with Crippen molar-refractivity contribution in [3.63, 3.8) is 0 Å². The molecular formula is C25H17BrN4O8. The Morgan fingerprint density at radius 3 is 2.74 bits per heavy atom. The van der Waals surface area contributed by atoms with Crippen molar-refractivity contribution < 1.29 is 33.2 Å². The number of carbonyl (C=O) groups is 3. The first-order chi connectivity index (χ1) is 18.2. The molecule has 1 fully saturated rings. The van der Waals surface area contributed by atoms with Crippen molar-refractivity contribution in [1.82, 2.24) is 10.2 Å². The van der Waals surface area contributed by atoms with Gasteiger partial charge in [0.2, 0.25) is 11.5 Å². The van der Waals surface area contributed by atoms with Crippen LogP contribution in [0.1, 0.15) is 33.0 Å². The summed E-state index contributed by atoms with van der Waals surface area (Å²) in [5.74, 6) is -1.53. The Morgan fingerprint density at radius 2 is 2.03 bits per heavy atom. The first kappa shape index (κ1) is 26.1. The SMILES string of the molecule is COC(=O)c1ccc(CN2C(=O)N/C(=C\c3cc(Br)cc([N+](=O)[O-])c3OCc3ccccc3C#N)C2=O)o1. The van der Waals surface area contributed by atoms with Gasteiger partial charge >= 0.3 is 17.7 Å². The van der Waals surface area contributed by atoms with Gasteiger partial charge < -0.3 is 19.2 Å². The smallest absolute Gasteiger partial charge is 0.373 e. The van der Waals surface area contributed by atoms with Gasteiger partial charge in [0.05, 0.1) is 30.2 Å². The van der Waals surface area contributed by atoms with E-state index in [1.54, 1.807) is 24.3 Å². The number of carbonyl (C=O) groups excluding carboxylic acids is 3. The van der Waals surface area contributed by atoms with Crippen molar-refractivity contribution in [3.8, 4) is 11.8 Å². The van der Waals surface area contributed by atoms with Crippen LogP contribution in [0.4, 0.5) is 10.5 Å². The molecule has 0 radical (unpaired) electrons. The fraction of sp³-hybridized carbons (Fsp3) is 0.120. The van der Waals surface area contributed by atoms with E-state index in [-0.39, 0.29) is 47.4 Å². The number of esters is 1. The Balaban J connectivity index is 1.64. The topological polar surface area (TPSA) is 165 Å². The zero-order chi connectivity index (χ0) is 27.4. The minimum atomic E-state index is -0.757. The predicted octanol–water partition coefficient (Wildman–Crippen LogP) is 4.28. The Labute approximate surface area is 223 Å². The summed E-state index contributed by atoms with van der Waals surface area (Å²) in [5, 5.41) is 23.5. The summed E-state index contributed by atoms with van der Waals surface area (Å²) < 4.78 is 16.0. The molecule has 0 saturated carbocycles. The first-order valence-corrected chi connectivity index (χ1v) is 11.6. The van der Waals surface area contributed by atoms with Crippen LogP contribution in [-0.2, 0) is 22.7 Å². The quantitative estimate of drug-likeness (QED) is 0.134. The van der Waals surface area contributed by atoms with Gasteiger partial charge in [-0.15, -0.1) is 0 Å². The molecule has 3 amide bonds. The maximum Gasteiger partial charge on any atom is 0.373 e. The molecule has 192 valence electrons. The van der Waals surface area contributed by atoms with Crippen molar-refractivity contribution in [1.29, 1.82) is 5.26 Å². The molecule has 2 aromatic carbocycles. The molecule has 0 atom stereocenters. The number of furan rings is 1. The molecule has 1 aromatic heterocycles. The van der Waals surface area contributed by atoms with Gasteiger partial charge in [-0.1, -0.05) is 34.1 Å². The van der Waals surface area contributed by atoms with Gasteiger partial charge in [0.25, 0.3) is 5.91 Å². The lowest BCUT2D eigenvalue weighted by atomic mass is 10.1. The van der Waals surface area contributed by atoms with Crippen LogP contribution < -0.4 is 10.1 Å². The normalized spacial score (nSPS) is 13.8. The summed E-state index contributed by atoms with van der Waals surface area (Å²) in [4.78, 5) is 49.1. The molecule has 3 aromatic rings. The van der Waals surface area contributed by atoms with Gasteiger partial charge in [-0.25, -0.2) is 9.59 Å². The zero-order valence-electron chi connectivity index (χ0n) is 19.6. The molecule has 1 saturated heterocycles. The highest BCUT2D eigenvalue weighted by Crippen LogP contribution is 2.37. The summed E-state index contributed by atoms with van der Waals surface area (Å²) >= 11 is 3.22. The molecule has 2 heterocycles. The first-order valence-electron chi connectivity index (χ1n) is 10.8. The van der Waals surface area contributed by atoms with Crippen LogP contribution in [0.25, 0.3) is 6.08 Å². The number of nitro groups is 1. The van der Waals surface area contributed by atoms with E-state index in [0.29, 0.717) is 15.6 Å². The molecule has 1 aliphatic heterocycles. The second-order valence-corrected chi connectivity index (χ2v) is 8.71. The lowest BCUT2D eigenvalue weighted by Crippen LogP contribution is -2.30. The Bertz CT molecular complexity index is 1540. The van der Waals surface area contributed by atoms with Crippen LogP contribution in [0.15, 0.2) is 63.1 Å². The van der Waals surface area contributed by atoms with E-state index in [0.717, 1.165) is 4.90 Å². The number of amides is 3. The Morgan fingerprint density at radius 1 is 1.26 bits per heavy atom. The van der Waals surface area contributed by atoms with Gasteiger partial charge in [-0.3, -0.25) is 19.8 Å². The highest BCUT2D eigenvalue weighted by atomic mass is 79.9. The number of halogens is 1. The van der Waals surface area contributed by atoms with Crippen LogP contribution >= 0.6 is 15.9 Å². The zero-order valence-corrected chi connectivity index (χ0v) is 21.2. The molecule has 0 bridgehead atoms. The predicted molar refractivity (Wildman–Crippen MR) is 133 cm³/mol. The summed E-state index contributed by atoms with van der Waals surface area (Å²) in [5.41, 5.74) is 0.433. The number of methoxy groups -OCH3 is 1. The van der Waals surface area contributed by atoms with E-state index in [9.17, 15) is 29.8 Å². The number of imide groups is 1. The lowest BCUT2D eigenvalue weighted by molar-refractivity contribution is -0.386. The van der Waals surface area contributed by atoms with Gasteiger partial charge in [0.15, 0.2) is 0 Å². The minimum absolute atomic E-state index is 0.0912. The van der Waals surface area contributed by atoms with Gasteiger partial charge in [-0.2, -0.15) is 5.26 Å². The van der Waals surface area contributed by atoms with E-state index in [1.807, 2.05) is 6.07 Å². The summed E-state index contributed by atoms with van der Waals surface area (Å²) in [6.07, 6.45) is 1.26. The highest BCUT2D eigenvalue weighted by Gasteiger charge is 2.35. The molecule has 1 aliphatic rings. The van der Waals surface area contributed by atoms with Crippen LogP contribution in [0.5, 0.6) is 5.75 Å². The maximum absolute atomic E-state index is 13.0. The number of nitro benzene ring substituents is 1. The fourth-order valence-corrected chi connectivity index (χ4v) is 4.07. The average Bonchev–Trinajstić information content (AvgIpc) is 3.47. The lowest BCUT2D eigenvalue weighted by Gasteiger charge is -2.12. The third kappa shape index (κ3) is 5.40. The maximum atomic E-state index is 13.0. The Kier molecular flexibility index (Phi) is 7.54. The van der Waals surface area contributed by atoms with Crippen LogP contribution in [0.3, 0.4) is 0 Å². The number of benzene rings is 2. The summed E-state index contributed by atoms with van der Waals surface area (Å²) in [6.45, 7) is -0.429. The van der Waals surface area contributed by atoms with Crippen LogP contribution in [-0.4, -0.2) is 34.8 Å². The molecule has 1 N–H and O–H groups in total. The number of nitriles is 1. The fourth-order valence-electron chi connectivity index (χ4n) is 3.60. The molecule has 12 nitrogen and oxygen atoms in total. The second-order valence-electron chi connectivity index (χ2n) is 7.80. The number of hydrogen-bond donors (Lipinski definition) is 1. The third-order valence-electron chi connectivity index (χ3n) is 5.39. The highest BCUT2D eigenvalue weighted by molar-refractivity contribution is 9.10. The van der Waals surface area contributed by atoms with Crippen LogP contribution in [0.2, 0.25) is 0 Å². The molecule has 13 heteroatoms. The molecule has 0 unspecified atom stereocenters. The molecule has 38 heavy (non-hydrogen) atoms. The Hall–Kier alpha value is -4.96. The average molecular weight is 581 g/mol. The minimum Gasteiger partial charge on any atom is -0.481 e. The molecule has 0 aliphatic carbocycles. The van der Waals surface area contributed by atoms with E-state index in [1.165, 1.54) is 37.5 Å². The second kappa shape index (κ2) is 11.0. The van der Waals surface area contributed by atoms with E-state index in [2.05, 4.69) is 26.0 Å². The van der Waals surface area contributed by atoms with Crippen molar-refractivity contribution >= 4 is 45.6 Å². The molecule has 0 spiro atoms. The van der Waals surface area contributed by atoms with Gasteiger partial charge in [-0.05, 0) is 30.3 Å². The van der Waals surface area contributed by atoms with E-state index in [4.69, 9.17) is 9.15 Å². The number of ether oxygens (including phenoxy) is 2. The molecule has 4 rings (SSSR count). The van der Waals surface area contributed by atoms with Gasteiger partial charge in [0, 0.05) is 21.7 Å². The number of rotatable bonds is 8. The van der Waals surface area contributed by atoms with E-state index >= 15 is 0 Å². The van der Waals surface area contributed by atoms with Crippen molar-refractivity contribution in [2.75, 3.05) is 7.11 Å². The van der Waals surface area contributed by atoms with Gasteiger partial charge in [0.1, 0.15) is 18.1 Å². The number of nitrogens with one attached hydrogen (secondary N) is 1. The number of urea groups is 1. The van der Waals surface area contributed by atoms with Crippen molar-refractivity contribution in [3.05, 3.63) is 97.0 Å². The summed E-state index contributed by atoms with van der Waals surface area (Å²) in [6, 6.07) is 13.4.